The predicted molar refractivity (Wildman–Crippen MR) is 237 cm³/mol. The van der Waals surface area contributed by atoms with E-state index in [4.69, 9.17) is 9.47 Å². The Morgan fingerprint density at radius 3 is 1.73 bits per heavy atom. The molecule has 2 aliphatic heterocycles. The zero-order valence-corrected chi connectivity index (χ0v) is 35.4. The highest BCUT2D eigenvalue weighted by Crippen LogP contribution is 2.36. The summed E-state index contributed by atoms with van der Waals surface area (Å²) >= 11 is 2.63. The molecule has 6 heterocycles. The lowest BCUT2D eigenvalue weighted by atomic mass is 9.97. The summed E-state index contributed by atoms with van der Waals surface area (Å²) in [5, 5.41) is 16.8. The quantitative estimate of drug-likeness (QED) is 0.147. The Hall–Kier alpha value is -6.17. The summed E-state index contributed by atoms with van der Waals surface area (Å²) < 4.78 is 40.9. The van der Waals surface area contributed by atoms with Crippen molar-refractivity contribution < 1.29 is 28.2 Å². The summed E-state index contributed by atoms with van der Waals surface area (Å²) in [6.07, 6.45) is 5.20. The van der Waals surface area contributed by atoms with Crippen molar-refractivity contribution >= 4 is 61.6 Å². The van der Waals surface area contributed by atoms with E-state index >= 15 is 8.78 Å². The number of aromatic nitrogens is 6. The van der Waals surface area contributed by atoms with E-state index in [1.807, 2.05) is 41.8 Å². The van der Waals surface area contributed by atoms with Gasteiger partial charge in [0.15, 0.2) is 5.01 Å². The predicted octanol–water partition coefficient (Wildman–Crippen LogP) is 8.39. The highest BCUT2D eigenvalue weighted by molar-refractivity contribution is 7.11. The van der Waals surface area contributed by atoms with Crippen LogP contribution in [0, 0.1) is 25.5 Å². The van der Waals surface area contributed by atoms with Crippen LogP contribution in [0.4, 0.5) is 20.2 Å². The number of thiazole rings is 2. The summed E-state index contributed by atoms with van der Waals surface area (Å²) in [4.78, 5) is 43.2. The Morgan fingerprint density at radius 1 is 0.661 bits per heavy atom. The van der Waals surface area contributed by atoms with Gasteiger partial charge in [0.1, 0.15) is 35.4 Å². The number of aliphatic hydroxyl groups excluding tert-OH is 1. The number of ether oxygens (including phenoxy) is 2. The number of ketones is 1. The summed E-state index contributed by atoms with van der Waals surface area (Å²) in [6, 6.07) is 17.9. The summed E-state index contributed by atoms with van der Waals surface area (Å²) in [5.74, 6) is -1.03. The summed E-state index contributed by atoms with van der Waals surface area (Å²) in [7, 11) is 0. The van der Waals surface area contributed by atoms with Gasteiger partial charge in [-0.15, -0.1) is 22.7 Å². The molecule has 8 aromatic rings. The maximum absolute atomic E-state index is 15.0. The molecule has 0 amide bonds. The topological polar surface area (TPSA) is 140 Å². The minimum Gasteiger partial charge on any atom is -0.381 e. The smallest absolute Gasteiger partial charge is 0.221 e. The molecular formula is C46H40F2N8O4S2. The van der Waals surface area contributed by atoms with Crippen LogP contribution in [-0.2, 0) is 9.47 Å². The third kappa shape index (κ3) is 8.39. The van der Waals surface area contributed by atoms with Crippen LogP contribution >= 0.6 is 22.7 Å². The van der Waals surface area contributed by atoms with Crippen molar-refractivity contribution in [2.24, 2.45) is 0 Å². The molecule has 0 aliphatic carbocycles. The SMILES string of the molecule is Cc1cc(F)c(-c2ncnc3cc(N4CCOCC4)ccc23)cc1C(=O)c1nccs1.Cc1cc(F)c(-c2ncnc3cc(N4CCOCC4)ccc23)cc1C(O)c1nccs1. The van der Waals surface area contributed by atoms with Crippen molar-refractivity contribution in [3.63, 3.8) is 0 Å². The zero-order valence-electron chi connectivity index (χ0n) is 33.8. The normalized spacial score (nSPS) is 14.8. The van der Waals surface area contributed by atoms with Crippen molar-refractivity contribution in [3.05, 3.63) is 140 Å². The van der Waals surface area contributed by atoms with Crippen LogP contribution in [0.3, 0.4) is 0 Å². The number of anilines is 2. The van der Waals surface area contributed by atoms with Gasteiger partial charge < -0.3 is 24.4 Å². The average Bonchev–Trinajstić information content (AvgIpc) is 4.06. The van der Waals surface area contributed by atoms with Gasteiger partial charge in [-0.25, -0.2) is 38.7 Å². The molecule has 0 radical (unpaired) electrons. The van der Waals surface area contributed by atoms with Crippen molar-refractivity contribution in [3.8, 4) is 22.5 Å². The van der Waals surface area contributed by atoms with Gasteiger partial charge in [-0.2, -0.15) is 0 Å². The number of hydrogen-bond donors (Lipinski definition) is 1. The Bertz CT molecular complexity index is 2890. The second-order valence-electron chi connectivity index (χ2n) is 14.8. The molecule has 62 heavy (non-hydrogen) atoms. The molecule has 1 atom stereocenters. The third-order valence-corrected chi connectivity index (χ3v) is 12.6. The monoisotopic (exact) mass is 870 g/mol. The number of nitrogens with zero attached hydrogens (tertiary/aromatic N) is 8. The van der Waals surface area contributed by atoms with Gasteiger partial charge in [0.2, 0.25) is 5.78 Å². The van der Waals surface area contributed by atoms with Gasteiger partial charge in [-0.1, -0.05) is 0 Å². The standard InChI is InChI=1S/C23H21FN4O2S.C23H19FN4O2S/c2*1-14-10-19(24)18(12-17(14)22(29)23-25-4-9-31-23)21-16-3-2-15(11-20(16)26-13-27-21)28-5-7-30-8-6-28/h2-4,9-13,22,29H,5-8H2,1H3;2-4,9-13H,5-8H2,1H3. The van der Waals surface area contributed by atoms with Gasteiger partial charge in [0, 0.05) is 88.2 Å². The summed E-state index contributed by atoms with van der Waals surface area (Å²) in [5.41, 5.74) is 7.41. The van der Waals surface area contributed by atoms with E-state index in [2.05, 4.69) is 39.7 Å². The second kappa shape index (κ2) is 18.0. The highest BCUT2D eigenvalue weighted by atomic mass is 32.1. The number of aryl methyl sites for hydroxylation is 2. The Balaban J connectivity index is 0.000000158. The number of halogens is 2. The van der Waals surface area contributed by atoms with E-state index in [0.29, 0.717) is 75.6 Å². The Labute approximate surface area is 363 Å². The molecule has 314 valence electrons. The molecule has 0 saturated carbocycles. The molecule has 16 heteroatoms. The van der Waals surface area contributed by atoms with Crippen molar-refractivity contribution in [1.82, 2.24) is 29.9 Å². The molecule has 0 spiro atoms. The lowest BCUT2D eigenvalue weighted by Crippen LogP contribution is -2.36. The largest absolute Gasteiger partial charge is 0.381 e. The number of morpholine rings is 2. The number of hydrogen-bond acceptors (Lipinski definition) is 14. The van der Waals surface area contributed by atoms with E-state index in [-0.39, 0.29) is 17.2 Å². The molecule has 2 saturated heterocycles. The number of benzene rings is 4. The van der Waals surface area contributed by atoms with Gasteiger partial charge in [0.05, 0.1) is 48.8 Å². The molecule has 1 N–H and O–H groups in total. The Morgan fingerprint density at radius 2 is 1.19 bits per heavy atom. The fourth-order valence-electron chi connectivity index (χ4n) is 7.77. The van der Waals surface area contributed by atoms with Crippen LogP contribution in [0.2, 0.25) is 0 Å². The molecule has 4 aromatic carbocycles. The number of fused-ring (bicyclic) bond motifs is 2. The number of carbonyl (C=O) groups is 1. The number of rotatable bonds is 8. The minimum absolute atomic E-state index is 0.221. The van der Waals surface area contributed by atoms with E-state index in [9.17, 15) is 9.90 Å². The zero-order chi connectivity index (χ0) is 42.7. The molecule has 12 nitrogen and oxygen atoms in total. The van der Waals surface area contributed by atoms with Crippen LogP contribution < -0.4 is 9.80 Å². The molecular weight excluding hydrogens is 831 g/mol. The molecule has 4 aromatic heterocycles. The van der Waals surface area contributed by atoms with Crippen LogP contribution in [0.25, 0.3) is 44.3 Å². The van der Waals surface area contributed by atoms with Gasteiger partial charge in [0.25, 0.3) is 0 Å². The third-order valence-electron chi connectivity index (χ3n) is 11.0. The first-order valence-corrected chi connectivity index (χ1v) is 21.8. The molecule has 0 bridgehead atoms. The van der Waals surface area contributed by atoms with Crippen LogP contribution in [-0.4, -0.2) is 93.4 Å². The van der Waals surface area contributed by atoms with E-state index in [0.717, 1.165) is 59.4 Å². The van der Waals surface area contributed by atoms with Crippen molar-refractivity contribution in [2.75, 3.05) is 62.4 Å². The maximum Gasteiger partial charge on any atom is 0.221 e. The number of carbonyl (C=O) groups excluding carboxylic acids is 1. The van der Waals surface area contributed by atoms with Gasteiger partial charge >= 0.3 is 0 Å². The van der Waals surface area contributed by atoms with Gasteiger partial charge in [-0.05, 0) is 91.2 Å². The fraction of sp³-hybridized carbons (Fsp3) is 0.239. The second-order valence-corrected chi connectivity index (χ2v) is 16.6. The first-order chi connectivity index (χ1) is 30.2. The van der Waals surface area contributed by atoms with E-state index < -0.39 is 11.9 Å². The fourth-order valence-corrected chi connectivity index (χ4v) is 9.00. The van der Waals surface area contributed by atoms with Crippen LogP contribution in [0.1, 0.15) is 43.2 Å². The van der Waals surface area contributed by atoms with Gasteiger partial charge in [-0.3, -0.25) is 4.79 Å². The highest BCUT2D eigenvalue weighted by Gasteiger charge is 2.23. The Kier molecular flexibility index (Phi) is 12.0. The average molecular weight is 871 g/mol. The lowest BCUT2D eigenvalue weighted by Gasteiger charge is -2.29. The van der Waals surface area contributed by atoms with E-state index in [1.165, 1.54) is 47.5 Å². The lowest BCUT2D eigenvalue weighted by molar-refractivity contribution is 0.103. The van der Waals surface area contributed by atoms with Crippen LogP contribution in [0.5, 0.6) is 0 Å². The molecule has 2 aliphatic rings. The maximum atomic E-state index is 15.0. The first-order valence-electron chi connectivity index (χ1n) is 20.0. The number of aliphatic hydroxyl groups is 1. The molecule has 10 rings (SSSR count). The summed E-state index contributed by atoms with van der Waals surface area (Å²) in [6.45, 7) is 9.58. The van der Waals surface area contributed by atoms with Crippen molar-refractivity contribution in [2.45, 2.75) is 20.0 Å². The van der Waals surface area contributed by atoms with Crippen LogP contribution in [0.15, 0.2) is 96.5 Å². The molecule has 2 fully saturated rings. The van der Waals surface area contributed by atoms with Crippen molar-refractivity contribution in [1.29, 1.82) is 0 Å². The van der Waals surface area contributed by atoms with E-state index in [1.54, 1.807) is 43.8 Å². The minimum atomic E-state index is -0.916. The molecule has 1 unspecified atom stereocenters. The first kappa shape index (κ1) is 41.2.